The summed E-state index contributed by atoms with van der Waals surface area (Å²) < 4.78 is 38.7. The Balaban J connectivity index is 2.29. The van der Waals surface area contributed by atoms with Crippen LogP contribution in [0.3, 0.4) is 0 Å². The molecule has 0 aliphatic carbocycles. The number of hydrogen-bond donors (Lipinski definition) is 2. The molecule has 1 fully saturated rings. The van der Waals surface area contributed by atoms with E-state index in [2.05, 4.69) is 10.3 Å². The highest BCUT2D eigenvalue weighted by molar-refractivity contribution is 5.73. The molecule has 2 atom stereocenters. The predicted molar refractivity (Wildman–Crippen MR) is 60.4 cm³/mol. The van der Waals surface area contributed by atoms with Crippen molar-refractivity contribution in [2.24, 2.45) is 0 Å². The molecule has 2 N–H and O–H groups in total. The van der Waals surface area contributed by atoms with Crippen LogP contribution >= 0.6 is 0 Å². The number of pyridine rings is 1. The van der Waals surface area contributed by atoms with Gasteiger partial charge in [-0.3, -0.25) is 15.1 Å². The number of nitrogens with one attached hydrogen (secondary N) is 1. The molecule has 1 aliphatic heterocycles. The van der Waals surface area contributed by atoms with E-state index < -0.39 is 29.8 Å². The first-order chi connectivity index (χ1) is 8.89. The lowest BCUT2D eigenvalue weighted by molar-refractivity contribution is -0.140. The van der Waals surface area contributed by atoms with E-state index in [1.807, 2.05) is 0 Å². The molecule has 1 aromatic heterocycles. The van der Waals surface area contributed by atoms with Crippen LogP contribution in [0.4, 0.5) is 13.2 Å². The Bertz CT molecular complexity index is 476. The molecule has 2 unspecified atom stereocenters. The van der Waals surface area contributed by atoms with E-state index in [0.717, 1.165) is 18.5 Å². The van der Waals surface area contributed by atoms with E-state index >= 15 is 0 Å². The van der Waals surface area contributed by atoms with E-state index in [0.29, 0.717) is 19.3 Å². The second-order valence-corrected chi connectivity index (χ2v) is 4.50. The Hall–Kier alpha value is -1.63. The lowest BCUT2D eigenvalue weighted by Gasteiger charge is -2.30. The first-order valence-electron chi connectivity index (χ1n) is 5.89. The van der Waals surface area contributed by atoms with Crippen molar-refractivity contribution in [3.8, 4) is 0 Å². The third kappa shape index (κ3) is 3.04. The molecule has 19 heavy (non-hydrogen) atoms. The molecule has 0 amide bonds. The zero-order valence-electron chi connectivity index (χ0n) is 9.94. The normalized spacial score (nSPS) is 24.2. The number of aliphatic carboxylic acids is 1. The summed E-state index contributed by atoms with van der Waals surface area (Å²) in [6.45, 7) is 0. The van der Waals surface area contributed by atoms with Gasteiger partial charge in [0.1, 0.15) is 6.04 Å². The van der Waals surface area contributed by atoms with Crippen molar-refractivity contribution in [2.45, 2.75) is 37.5 Å². The molecule has 1 aliphatic rings. The van der Waals surface area contributed by atoms with Crippen molar-refractivity contribution in [3.05, 3.63) is 29.6 Å². The summed E-state index contributed by atoms with van der Waals surface area (Å²) in [6, 6.07) is -0.512. The maximum absolute atomic E-state index is 12.9. The maximum atomic E-state index is 12.9. The summed E-state index contributed by atoms with van der Waals surface area (Å²) in [5.41, 5.74) is -0.744. The molecular formula is C12H13F3N2O2. The Labute approximate surface area is 107 Å². The monoisotopic (exact) mass is 274 g/mol. The van der Waals surface area contributed by atoms with Gasteiger partial charge in [-0.1, -0.05) is 0 Å². The summed E-state index contributed by atoms with van der Waals surface area (Å²) in [5, 5.41) is 11.7. The van der Waals surface area contributed by atoms with Crippen molar-refractivity contribution in [3.63, 3.8) is 0 Å². The van der Waals surface area contributed by atoms with Gasteiger partial charge in [0, 0.05) is 18.4 Å². The van der Waals surface area contributed by atoms with Crippen molar-refractivity contribution in [1.82, 2.24) is 10.3 Å². The topological polar surface area (TPSA) is 62.2 Å². The van der Waals surface area contributed by atoms with Gasteiger partial charge < -0.3 is 5.11 Å². The maximum Gasteiger partial charge on any atom is 0.416 e. The van der Waals surface area contributed by atoms with E-state index in [1.165, 1.54) is 0 Å². The minimum Gasteiger partial charge on any atom is -0.480 e. The molecule has 7 heteroatoms. The predicted octanol–water partition coefficient (Wildman–Crippen LogP) is 2.37. The van der Waals surface area contributed by atoms with Gasteiger partial charge in [0.15, 0.2) is 0 Å². The molecule has 4 nitrogen and oxygen atoms in total. The number of piperidine rings is 1. The molecule has 0 radical (unpaired) electrons. The molecule has 1 saturated heterocycles. The Morgan fingerprint density at radius 3 is 2.79 bits per heavy atom. The van der Waals surface area contributed by atoms with Crippen LogP contribution in [0.5, 0.6) is 0 Å². The van der Waals surface area contributed by atoms with Crippen molar-refractivity contribution < 1.29 is 23.1 Å². The quantitative estimate of drug-likeness (QED) is 0.869. The fourth-order valence-corrected chi connectivity index (χ4v) is 2.32. The number of hydrogen-bond acceptors (Lipinski definition) is 3. The van der Waals surface area contributed by atoms with Gasteiger partial charge in [0.2, 0.25) is 0 Å². The zero-order valence-corrected chi connectivity index (χ0v) is 9.94. The first kappa shape index (κ1) is 13.8. The summed E-state index contributed by atoms with van der Waals surface area (Å²) in [7, 11) is 0. The van der Waals surface area contributed by atoms with Crippen LogP contribution in [-0.2, 0) is 11.0 Å². The van der Waals surface area contributed by atoms with Crippen molar-refractivity contribution in [2.75, 3.05) is 0 Å². The van der Waals surface area contributed by atoms with Gasteiger partial charge in [0.05, 0.1) is 5.56 Å². The fraction of sp³-hybridized carbons (Fsp3) is 0.500. The molecule has 104 valence electrons. The van der Waals surface area contributed by atoms with Crippen LogP contribution in [-0.4, -0.2) is 22.1 Å². The molecule has 2 heterocycles. The van der Waals surface area contributed by atoms with Crippen molar-refractivity contribution in [1.29, 1.82) is 0 Å². The van der Waals surface area contributed by atoms with Gasteiger partial charge in [0.25, 0.3) is 0 Å². The number of carboxylic acids is 1. The summed E-state index contributed by atoms with van der Waals surface area (Å²) >= 11 is 0. The second-order valence-electron chi connectivity index (χ2n) is 4.50. The van der Waals surface area contributed by atoms with E-state index in [-0.39, 0.29) is 5.56 Å². The highest BCUT2D eigenvalue weighted by atomic mass is 19.4. The number of aromatic nitrogens is 1. The van der Waals surface area contributed by atoms with Crippen LogP contribution < -0.4 is 5.32 Å². The smallest absolute Gasteiger partial charge is 0.416 e. The van der Waals surface area contributed by atoms with Crippen LogP contribution in [0.25, 0.3) is 0 Å². The van der Waals surface area contributed by atoms with Gasteiger partial charge in [-0.25, -0.2) is 0 Å². The minimum absolute atomic E-state index is 0.0148. The van der Waals surface area contributed by atoms with E-state index in [1.54, 1.807) is 0 Å². The summed E-state index contributed by atoms with van der Waals surface area (Å²) in [4.78, 5) is 14.6. The third-order valence-corrected chi connectivity index (χ3v) is 3.22. The van der Waals surface area contributed by atoms with Crippen LogP contribution in [0.15, 0.2) is 18.5 Å². The fourth-order valence-electron chi connectivity index (χ4n) is 2.32. The first-order valence-corrected chi connectivity index (χ1v) is 5.89. The van der Waals surface area contributed by atoms with Crippen LogP contribution in [0, 0.1) is 0 Å². The van der Waals surface area contributed by atoms with Crippen LogP contribution in [0.2, 0.25) is 0 Å². The lowest BCUT2D eigenvalue weighted by Crippen LogP contribution is -2.42. The summed E-state index contributed by atoms with van der Waals surface area (Å²) in [5.74, 6) is -1.04. The van der Waals surface area contributed by atoms with Crippen LogP contribution in [0.1, 0.15) is 36.4 Å². The third-order valence-electron chi connectivity index (χ3n) is 3.22. The second kappa shape index (κ2) is 5.16. The minimum atomic E-state index is -4.46. The number of nitrogens with zero attached hydrogens (tertiary/aromatic N) is 1. The van der Waals surface area contributed by atoms with Gasteiger partial charge in [-0.2, -0.15) is 13.2 Å². The number of halogens is 3. The standard InChI is InChI=1S/C12H13F3N2O2/c13-12(14,15)8-4-5-16-6-7(8)9-2-1-3-10(17-9)11(18)19/h4-6,9-10,17H,1-3H2,(H,18,19). The van der Waals surface area contributed by atoms with Gasteiger partial charge in [-0.05, 0) is 30.9 Å². The van der Waals surface area contributed by atoms with Gasteiger partial charge in [-0.15, -0.1) is 0 Å². The largest absolute Gasteiger partial charge is 0.480 e. The SMILES string of the molecule is O=C(O)C1CCCC(c2cnccc2C(F)(F)F)N1. The molecular weight excluding hydrogens is 261 g/mol. The lowest BCUT2D eigenvalue weighted by atomic mass is 9.92. The highest BCUT2D eigenvalue weighted by Crippen LogP contribution is 2.36. The Kier molecular flexibility index (Phi) is 3.75. The number of carboxylic acid groups (broad SMARTS) is 1. The zero-order chi connectivity index (χ0) is 14.0. The average molecular weight is 274 g/mol. The Morgan fingerprint density at radius 2 is 2.16 bits per heavy atom. The van der Waals surface area contributed by atoms with Gasteiger partial charge >= 0.3 is 12.1 Å². The van der Waals surface area contributed by atoms with Crippen molar-refractivity contribution >= 4 is 5.97 Å². The molecule has 2 rings (SSSR count). The van der Waals surface area contributed by atoms with E-state index in [9.17, 15) is 18.0 Å². The number of carbonyl (C=O) groups is 1. The Morgan fingerprint density at radius 1 is 1.42 bits per heavy atom. The average Bonchev–Trinajstić information content (AvgIpc) is 2.38. The number of rotatable bonds is 2. The molecule has 0 aromatic carbocycles. The summed E-state index contributed by atoms with van der Waals surface area (Å²) in [6.07, 6.45) is -0.752. The highest BCUT2D eigenvalue weighted by Gasteiger charge is 2.37. The molecule has 1 aromatic rings. The van der Waals surface area contributed by atoms with E-state index in [4.69, 9.17) is 5.11 Å². The number of alkyl halides is 3. The molecule has 0 spiro atoms. The molecule has 0 bridgehead atoms. The molecule has 0 saturated carbocycles.